The largest absolute Gasteiger partial charge is 0.368 e. The summed E-state index contributed by atoms with van der Waals surface area (Å²) < 4.78 is 0. The van der Waals surface area contributed by atoms with Crippen molar-refractivity contribution in [3.05, 3.63) is 0 Å². The van der Waals surface area contributed by atoms with Crippen molar-refractivity contribution in [1.82, 2.24) is 5.32 Å². The van der Waals surface area contributed by atoms with E-state index in [0.29, 0.717) is 12.8 Å². The van der Waals surface area contributed by atoms with Crippen LogP contribution in [0.4, 0.5) is 0 Å². The van der Waals surface area contributed by atoms with Gasteiger partial charge in [0.1, 0.15) is 11.0 Å². The van der Waals surface area contributed by atoms with Gasteiger partial charge in [0.25, 0.3) is 0 Å². The minimum atomic E-state index is -1.11. The molecule has 1 saturated carbocycles. The highest BCUT2D eigenvalue weighted by Gasteiger charge is 2.44. The molecule has 1 aliphatic carbocycles. The predicted octanol–water partition coefficient (Wildman–Crippen LogP) is 0.450. The lowest BCUT2D eigenvalue weighted by molar-refractivity contribution is -0.134. The summed E-state index contributed by atoms with van der Waals surface area (Å²) in [7, 11) is 0. The quantitative estimate of drug-likeness (QED) is 0.727. The van der Waals surface area contributed by atoms with Crippen LogP contribution in [0.25, 0.3) is 0 Å². The molecule has 3 N–H and O–H groups in total. The summed E-state index contributed by atoms with van der Waals surface area (Å²) in [5.41, 5.74) is 3.09. The number of carbonyl (C=O) groups excluding carboxylic acids is 2. The lowest BCUT2D eigenvalue weighted by Gasteiger charge is -2.27. The number of hydrogen-bond acceptors (Lipinski definition) is 3. The predicted molar refractivity (Wildman–Crippen MR) is 57.9 cm³/mol. The zero-order chi connectivity index (χ0) is 12.4. The fraction of sp³-hybridized carbons (Fsp3) is 0.727. The number of primary amides is 1. The van der Waals surface area contributed by atoms with Crippen LogP contribution in [0.15, 0.2) is 0 Å². The third kappa shape index (κ3) is 2.16. The van der Waals surface area contributed by atoms with Crippen molar-refractivity contribution < 1.29 is 9.59 Å². The second-order valence-electron chi connectivity index (χ2n) is 4.84. The molecule has 0 unspecified atom stereocenters. The molecule has 0 heterocycles. The average molecular weight is 223 g/mol. The van der Waals surface area contributed by atoms with Crippen molar-refractivity contribution in [2.75, 3.05) is 0 Å². The molecule has 0 radical (unpaired) electrons. The Hall–Kier alpha value is -1.57. The van der Waals surface area contributed by atoms with Crippen LogP contribution in [0, 0.1) is 16.7 Å². The summed E-state index contributed by atoms with van der Waals surface area (Å²) >= 11 is 0. The summed E-state index contributed by atoms with van der Waals surface area (Å²) in [6.07, 6.45) is 2.87. The molecular weight excluding hydrogens is 206 g/mol. The molecule has 0 aromatic rings. The summed E-state index contributed by atoms with van der Waals surface area (Å²) in [5, 5.41) is 11.6. The Morgan fingerprint density at radius 3 is 2.25 bits per heavy atom. The third-order valence-corrected chi connectivity index (χ3v) is 3.15. The molecule has 2 amide bonds. The number of nitrogens with one attached hydrogen (secondary N) is 1. The van der Waals surface area contributed by atoms with Gasteiger partial charge in [-0.2, -0.15) is 5.26 Å². The normalized spacial score (nSPS) is 18.8. The molecule has 0 aromatic carbocycles. The number of hydrogen-bond donors (Lipinski definition) is 2. The molecular formula is C11H17N3O2. The van der Waals surface area contributed by atoms with E-state index < -0.39 is 16.9 Å². The maximum absolute atomic E-state index is 12.0. The van der Waals surface area contributed by atoms with Crippen molar-refractivity contribution in [1.29, 1.82) is 5.26 Å². The molecule has 5 nitrogen and oxygen atoms in total. The van der Waals surface area contributed by atoms with Gasteiger partial charge in [0.15, 0.2) is 0 Å². The molecule has 88 valence electrons. The molecule has 0 spiro atoms. The van der Waals surface area contributed by atoms with Gasteiger partial charge in [-0.25, -0.2) is 0 Å². The van der Waals surface area contributed by atoms with E-state index in [1.165, 1.54) is 13.8 Å². The van der Waals surface area contributed by atoms with E-state index in [-0.39, 0.29) is 5.91 Å². The van der Waals surface area contributed by atoms with Crippen LogP contribution < -0.4 is 11.1 Å². The van der Waals surface area contributed by atoms with Crippen molar-refractivity contribution in [3.8, 4) is 6.07 Å². The highest BCUT2D eigenvalue weighted by atomic mass is 16.2. The zero-order valence-electron chi connectivity index (χ0n) is 9.67. The van der Waals surface area contributed by atoms with E-state index in [0.717, 1.165) is 12.8 Å². The van der Waals surface area contributed by atoms with Gasteiger partial charge in [0, 0.05) is 0 Å². The third-order valence-electron chi connectivity index (χ3n) is 3.15. The van der Waals surface area contributed by atoms with Gasteiger partial charge >= 0.3 is 0 Å². The number of amides is 2. The van der Waals surface area contributed by atoms with Gasteiger partial charge in [-0.05, 0) is 26.7 Å². The van der Waals surface area contributed by atoms with Gasteiger partial charge in [0.05, 0.1) is 6.07 Å². The molecule has 5 heteroatoms. The maximum Gasteiger partial charge on any atom is 0.242 e. The second-order valence-corrected chi connectivity index (χ2v) is 4.84. The SMILES string of the molecule is CC(C)(NC(=O)C1(C#N)CCCC1)C(N)=O. The van der Waals surface area contributed by atoms with Gasteiger partial charge in [-0.1, -0.05) is 12.8 Å². The zero-order valence-corrected chi connectivity index (χ0v) is 9.67. The Kier molecular flexibility index (Phi) is 3.22. The van der Waals surface area contributed by atoms with Crippen LogP contribution in [0.1, 0.15) is 39.5 Å². The lowest BCUT2D eigenvalue weighted by Crippen LogP contribution is -2.56. The van der Waals surface area contributed by atoms with Gasteiger partial charge in [0.2, 0.25) is 11.8 Å². The van der Waals surface area contributed by atoms with E-state index in [4.69, 9.17) is 11.0 Å². The lowest BCUT2D eigenvalue weighted by atomic mass is 9.86. The molecule has 0 aromatic heterocycles. The fourth-order valence-corrected chi connectivity index (χ4v) is 1.83. The van der Waals surface area contributed by atoms with Crippen LogP contribution >= 0.6 is 0 Å². The average Bonchev–Trinajstić information content (AvgIpc) is 2.66. The monoisotopic (exact) mass is 223 g/mol. The highest BCUT2D eigenvalue weighted by molar-refractivity contribution is 5.93. The smallest absolute Gasteiger partial charge is 0.242 e. The molecule has 0 saturated heterocycles. The molecule has 1 rings (SSSR count). The maximum atomic E-state index is 12.0. The first kappa shape index (κ1) is 12.5. The van der Waals surface area contributed by atoms with Gasteiger partial charge in [-0.3, -0.25) is 9.59 Å². The van der Waals surface area contributed by atoms with Crippen molar-refractivity contribution in [2.45, 2.75) is 45.1 Å². The van der Waals surface area contributed by atoms with Gasteiger partial charge in [-0.15, -0.1) is 0 Å². The first-order chi connectivity index (χ1) is 7.34. The molecule has 1 aliphatic rings. The first-order valence-corrected chi connectivity index (χ1v) is 5.38. The van der Waals surface area contributed by atoms with Crippen LogP contribution in [-0.4, -0.2) is 17.4 Å². The molecule has 16 heavy (non-hydrogen) atoms. The molecule has 1 fully saturated rings. The van der Waals surface area contributed by atoms with Crippen LogP contribution in [0.5, 0.6) is 0 Å². The van der Waals surface area contributed by atoms with Crippen molar-refractivity contribution in [2.24, 2.45) is 11.1 Å². The van der Waals surface area contributed by atoms with E-state index >= 15 is 0 Å². The standard InChI is InChI=1S/C11H17N3O2/c1-10(2,8(13)15)14-9(16)11(7-12)5-3-4-6-11/h3-6H2,1-2H3,(H2,13,15)(H,14,16). The summed E-state index contributed by atoms with van der Waals surface area (Å²) in [4.78, 5) is 23.1. The van der Waals surface area contributed by atoms with Crippen LogP contribution in [-0.2, 0) is 9.59 Å². The van der Waals surface area contributed by atoms with Gasteiger partial charge < -0.3 is 11.1 Å². The number of nitrogens with two attached hydrogens (primary N) is 1. The topological polar surface area (TPSA) is 96.0 Å². The number of carbonyl (C=O) groups is 2. The van der Waals surface area contributed by atoms with E-state index in [1.807, 2.05) is 0 Å². The van der Waals surface area contributed by atoms with E-state index in [2.05, 4.69) is 11.4 Å². The summed E-state index contributed by atoms with van der Waals surface area (Å²) in [6.45, 7) is 3.07. The Morgan fingerprint density at radius 2 is 1.88 bits per heavy atom. The minimum Gasteiger partial charge on any atom is -0.368 e. The fourth-order valence-electron chi connectivity index (χ4n) is 1.83. The minimum absolute atomic E-state index is 0.378. The Bertz CT molecular complexity index is 349. The number of nitriles is 1. The second kappa shape index (κ2) is 4.12. The Labute approximate surface area is 95.0 Å². The number of rotatable bonds is 3. The Balaban J connectivity index is 2.80. The van der Waals surface area contributed by atoms with Crippen molar-refractivity contribution >= 4 is 11.8 Å². The van der Waals surface area contributed by atoms with E-state index in [9.17, 15) is 9.59 Å². The van der Waals surface area contributed by atoms with Crippen LogP contribution in [0.2, 0.25) is 0 Å². The number of nitrogens with zero attached hydrogens (tertiary/aromatic N) is 1. The molecule has 0 aliphatic heterocycles. The summed E-state index contributed by atoms with van der Waals surface area (Å²) in [5.74, 6) is -0.983. The van der Waals surface area contributed by atoms with Crippen LogP contribution in [0.3, 0.4) is 0 Å². The first-order valence-electron chi connectivity index (χ1n) is 5.38. The Morgan fingerprint density at radius 1 is 1.38 bits per heavy atom. The van der Waals surface area contributed by atoms with E-state index in [1.54, 1.807) is 0 Å². The highest BCUT2D eigenvalue weighted by Crippen LogP contribution is 2.37. The van der Waals surface area contributed by atoms with Crippen molar-refractivity contribution in [3.63, 3.8) is 0 Å². The summed E-state index contributed by atoms with van der Waals surface area (Å²) in [6, 6.07) is 2.07. The molecule has 0 atom stereocenters. The molecule has 0 bridgehead atoms.